The normalized spacial score (nSPS) is 12.5. The van der Waals surface area contributed by atoms with Crippen LogP contribution in [0.4, 0.5) is 0 Å². The minimum Gasteiger partial charge on any atom is -0.309 e. The Morgan fingerprint density at radius 2 is 0.661 bits per heavy atom. The average Bonchev–Trinajstić information content (AvgIpc) is 3.92. The highest BCUT2D eigenvalue weighted by atomic mass is 31.1. The van der Waals surface area contributed by atoms with Crippen molar-refractivity contribution in [3.05, 3.63) is 205 Å². The van der Waals surface area contributed by atoms with Gasteiger partial charge >= 0.3 is 0 Å². The van der Waals surface area contributed by atoms with Gasteiger partial charge in [0, 0.05) is 38.6 Å². The average molecular weight is 820 g/mol. The lowest BCUT2D eigenvalue weighted by Gasteiger charge is -2.21. The van der Waals surface area contributed by atoms with Gasteiger partial charge in [0.25, 0.3) is 0 Å². The number of nitrogens with zero attached hydrogens (tertiary/aromatic N) is 3. The molecule has 0 radical (unpaired) electrons. The van der Waals surface area contributed by atoms with Crippen molar-refractivity contribution in [3.63, 3.8) is 0 Å². The summed E-state index contributed by atoms with van der Waals surface area (Å²) in [6.45, 7) is 13.9. The first-order chi connectivity index (χ1) is 30.0. The Labute approximate surface area is 365 Å². The van der Waals surface area contributed by atoms with E-state index in [1.54, 1.807) is 0 Å². The SMILES string of the molecule is CC(C)(C)c1ccc2c(c1)n(-c1ccc(P(c3ccccc3)c3ccccc3)cc1)c1c3ccc(C(C)(C)C)cc3n(-c3ccc(-n4c5ccccc5c5ccccc54)cc3)c21. The predicted octanol–water partition coefficient (Wildman–Crippen LogP) is 14.2. The van der Waals surface area contributed by atoms with E-state index < -0.39 is 7.92 Å². The van der Waals surface area contributed by atoms with Crippen molar-refractivity contribution >= 4 is 78.5 Å². The molecular formula is C58H50N3P. The van der Waals surface area contributed by atoms with Crippen LogP contribution in [0, 0.1) is 0 Å². The van der Waals surface area contributed by atoms with Crippen LogP contribution in [0.3, 0.4) is 0 Å². The minimum atomic E-state index is -0.727. The summed E-state index contributed by atoms with van der Waals surface area (Å²) in [5.41, 5.74) is 13.4. The third-order valence-corrected chi connectivity index (χ3v) is 15.2. The molecule has 8 aromatic carbocycles. The number of hydrogen-bond donors (Lipinski definition) is 0. The number of rotatable bonds is 6. The van der Waals surface area contributed by atoms with Gasteiger partial charge in [-0.25, -0.2) is 0 Å². The summed E-state index contributed by atoms with van der Waals surface area (Å²) < 4.78 is 7.48. The fourth-order valence-corrected chi connectivity index (χ4v) is 11.8. The van der Waals surface area contributed by atoms with Crippen LogP contribution in [-0.4, -0.2) is 13.7 Å². The molecule has 11 aromatic rings. The zero-order chi connectivity index (χ0) is 42.3. The van der Waals surface area contributed by atoms with Crippen molar-refractivity contribution in [3.8, 4) is 17.1 Å². The van der Waals surface area contributed by atoms with E-state index in [1.807, 2.05) is 0 Å². The Hall–Kier alpha value is -6.67. The van der Waals surface area contributed by atoms with Crippen molar-refractivity contribution in [1.29, 1.82) is 0 Å². The van der Waals surface area contributed by atoms with Gasteiger partial charge in [0.15, 0.2) is 0 Å². The highest BCUT2D eigenvalue weighted by Crippen LogP contribution is 2.44. The van der Waals surface area contributed by atoms with Crippen molar-refractivity contribution in [2.75, 3.05) is 0 Å². The van der Waals surface area contributed by atoms with Crippen molar-refractivity contribution < 1.29 is 0 Å². The Balaban J connectivity index is 1.16. The summed E-state index contributed by atoms with van der Waals surface area (Å²) in [6, 6.07) is 72.5. The topological polar surface area (TPSA) is 14.8 Å². The quantitative estimate of drug-likeness (QED) is 0.148. The van der Waals surface area contributed by atoms with E-state index in [2.05, 4.69) is 249 Å². The molecule has 0 aliphatic heterocycles. The van der Waals surface area contributed by atoms with Gasteiger partial charge in [-0.3, -0.25) is 0 Å². The van der Waals surface area contributed by atoms with Crippen LogP contribution in [0.25, 0.3) is 71.7 Å². The lowest BCUT2D eigenvalue weighted by molar-refractivity contribution is 0.590. The number of para-hydroxylation sites is 2. The molecule has 3 aromatic heterocycles. The van der Waals surface area contributed by atoms with E-state index in [1.165, 1.54) is 81.7 Å². The second kappa shape index (κ2) is 14.5. The summed E-state index contributed by atoms with van der Waals surface area (Å²) in [4.78, 5) is 0. The molecular weight excluding hydrogens is 770 g/mol. The maximum absolute atomic E-state index is 2.54. The van der Waals surface area contributed by atoms with Gasteiger partial charge in [0.1, 0.15) is 0 Å². The first-order valence-electron chi connectivity index (χ1n) is 21.8. The summed E-state index contributed by atoms with van der Waals surface area (Å²) in [6.07, 6.45) is 0. The molecule has 3 nitrogen and oxygen atoms in total. The minimum absolute atomic E-state index is 0.0133. The molecule has 11 rings (SSSR count). The van der Waals surface area contributed by atoms with E-state index >= 15 is 0 Å². The monoisotopic (exact) mass is 819 g/mol. The lowest BCUT2D eigenvalue weighted by atomic mass is 9.86. The smallest absolute Gasteiger partial charge is 0.0803 e. The molecule has 0 amide bonds. The van der Waals surface area contributed by atoms with Crippen LogP contribution < -0.4 is 15.9 Å². The lowest BCUT2D eigenvalue weighted by Crippen LogP contribution is -2.20. The fourth-order valence-electron chi connectivity index (χ4n) is 9.56. The molecule has 3 heterocycles. The van der Waals surface area contributed by atoms with Gasteiger partial charge < -0.3 is 13.7 Å². The number of aromatic nitrogens is 3. The van der Waals surface area contributed by atoms with E-state index in [-0.39, 0.29) is 10.8 Å². The highest BCUT2D eigenvalue weighted by Gasteiger charge is 2.26. The molecule has 0 N–H and O–H groups in total. The molecule has 302 valence electrons. The Kier molecular flexibility index (Phi) is 8.93. The number of fused-ring (bicyclic) bond motifs is 8. The summed E-state index contributed by atoms with van der Waals surface area (Å²) in [7, 11) is -0.727. The van der Waals surface area contributed by atoms with Crippen molar-refractivity contribution in [1.82, 2.24) is 13.7 Å². The Morgan fingerprint density at radius 3 is 1.08 bits per heavy atom. The second-order valence-electron chi connectivity index (χ2n) is 18.7. The maximum atomic E-state index is 2.54. The number of benzene rings is 8. The van der Waals surface area contributed by atoms with Crippen LogP contribution in [0.2, 0.25) is 0 Å². The van der Waals surface area contributed by atoms with Crippen LogP contribution in [0.15, 0.2) is 194 Å². The third-order valence-electron chi connectivity index (χ3n) is 12.7. The van der Waals surface area contributed by atoms with Gasteiger partial charge in [0.2, 0.25) is 0 Å². The third kappa shape index (κ3) is 6.21. The summed E-state index contributed by atoms with van der Waals surface area (Å²) in [5.74, 6) is 0. The van der Waals surface area contributed by atoms with E-state index in [9.17, 15) is 0 Å². The molecule has 0 atom stereocenters. The number of hydrogen-bond acceptors (Lipinski definition) is 0. The standard InChI is InChI=1S/C58H50N3P/c1-57(2,3)39-25-35-49-53(37-39)60(42-29-27-41(28-30-42)59-51-23-15-13-21-47(51)48-22-14-16-24-52(48)59)55-50-36-26-40(58(4,5)6)38-54(50)61(56(49)55)43-31-33-46(34-32-43)62(44-17-9-7-10-18-44)45-19-11-8-12-20-45/h7-38H,1-6H3. The van der Waals surface area contributed by atoms with E-state index in [0.717, 1.165) is 17.1 Å². The van der Waals surface area contributed by atoms with Gasteiger partial charge in [-0.2, -0.15) is 0 Å². The van der Waals surface area contributed by atoms with E-state index in [4.69, 9.17) is 0 Å². The maximum Gasteiger partial charge on any atom is 0.0803 e. The summed E-state index contributed by atoms with van der Waals surface area (Å²) >= 11 is 0. The molecule has 0 bridgehead atoms. The van der Waals surface area contributed by atoms with Crippen LogP contribution in [0.1, 0.15) is 52.7 Å². The Morgan fingerprint density at radius 1 is 0.306 bits per heavy atom. The Bertz CT molecular complexity index is 3350. The first-order valence-corrected chi connectivity index (χ1v) is 23.1. The second-order valence-corrected chi connectivity index (χ2v) is 21.0. The van der Waals surface area contributed by atoms with Gasteiger partial charge in [0.05, 0.1) is 33.1 Å². The van der Waals surface area contributed by atoms with Crippen LogP contribution in [-0.2, 0) is 10.8 Å². The molecule has 0 fully saturated rings. The van der Waals surface area contributed by atoms with Crippen molar-refractivity contribution in [2.45, 2.75) is 52.4 Å². The zero-order valence-corrected chi connectivity index (χ0v) is 37.2. The molecule has 0 unspecified atom stereocenters. The van der Waals surface area contributed by atoms with Crippen molar-refractivity contribution in [2.24, 2.45) is 0 Å². The molecule has 0 spiro atoms. The van der Waals surface area contributed by atoms with E-state index in [0.29, 0.717) is 0 Å². The predicted molar refractivity (Wildman–Crippen MR) is 268 cm³/mol. The molecule has 0 aliphatic rings. The highest BCUT2D eigenvalue weighted by molar-refractivity contribution is 7.79. The van der Waals surface area contributed by atoms with Crippen LogP contribution in [0.5, 0.6) is 0 Å². The molecule has 0 saturated carbocycles. The zero-order valence-electron chi connectivity index (χ0n) is 36.3. The first kappa shape index (κ1) is 38.3. The van der Waals surface area contributed by atoms with Gasteiger partial charge in [-0.05, 0) is 106 Å². The van der Waals surface area contributed by atoms with Crippen LogP contribution >= 0.6 is 7.92 Å². The summed E-state index contributed by atoms with van der Waals surface area (Å²) in [5, 5.41) is 9.07. The largest absolute Gasteiger partial charge is 0.309 e. The molecule has 62 heavy (non-hydrogen) atoms. The fraction of sp³-hybridized carbons (Fsp3) is 0.138. The molecule has 0 saturated heterocycles. The van der Waals surface area contributed by atoms with Gasteiger partial charge in [-0.1, -0.05) is 175 Å². The molecule has 4 heteroatoms. The molecule has 0 aliphatic carbocycles. The van der Waals surface area contributed by atoms with Gasteiger partial charge in [-0.15, -0.1) is 0 Å².